The molecule has 2 saturated heterocycles. The van der Waals surface area contributed by atoms with Crippen LogP contribution in [0.25, 0.3) is 0 Å². The number of methoxy groups -OCH3 is 1. The monoisotopic (exact) mass is 367 g/mol. The first-order valence-corrected chi connectivity index (χ1v) is 9.99. The first-order chi connectivity index (χ1) is 11.8. The van der Waals surface area contributed by atoms with Crippen molar-refractivity contribution in [2.45, 2.75) is 18.9 Å². The van der Waals surface area contributed by atoms with E-state index < -0.39 is 0 Å². The number of nitrogens with one attached hydrogen (secondary N) is 1. The van der Waals surface area contributed by atoms with E-state index in [1.165, 1.54) is 13.5 Å². The average molecular weight is 368 g/mol. The predicted molar refractivity (Wildman–Crippen MR) is 98.1 cm³/mol. The molecule has 0 bridgehead atoms. The van der Waals surface area contributed by atoms with E-state index >= 15 is 0 Å². The van der Waals surface area contributed by atoms with Crippen LogP contribution in [-0.2, 0) is 9.53 Å². The number of aliphatic imine (C=N–C) groups is 2. The van der Waals surface area contributed by atoms with Gasteiger partial charge in [-0.25, -0.2) is 13.8 Å². The van der Waals surface area contributed by atoms with E-state index in [4.69, 9.17) is 4.74 Å². The normalized spacial score (nSPS) is 26.9. The van der Waals surface area contributed by atoms with Gasteiger partial charge in [0.05, 0.1) is 19.2 Å². The Labute approximate surface area is 150 Å². The van der Waals surface area contributed by atoms with Gasteiger partial charge in [-0.2, -0.15) is 0 Å². The van der Waals surface area contributed by atoms with Gasteiger partial charge in [0.15, 0.2) is 5.84 Å². The Morgan fingerprint density at radius 1 is 1.42 bits per heavy atom. The van der Waals surface area contributed by atoms with E-state index in [0.29, 0.717) is 18.2 Å². The zero-order chi connectivity index (χ0) is 16.5. The van der Waals surface area contributed by atoms with Crippen LogP contribution in [0.15, 0.2) is 21.3 Å². The molecule has 4 heterocycles. The third-order valence-electron chi connectivity index (χ3n) is 4.53. The maximum atomic E-state index is 12.1. The van der Waals surface area contributed by atoms with Crippen molar-refractivity contribution in [3.63, 3.8) is 0 Å². The molecular weight excluding hydrogens is 346 g/mol. The summed E-state index contributed by atoms with van der Waals surface area (Å²) in [6, 6.07) is 0.292. The minimum Gasteiger partial charge on any atom is -0.466 e. The minimum absolute atomic E-state index is 0.269. The third-order valence-corrected chi connectivity index (χ3v) is 6.57. The minimum atomic E-state index is -0.269. The van der Waals surface area contributed by atoms with Gasteiger partial charge < -0.3 is 9.64 Å². The highest BCUT2D eigenvalue weighted by Crippen LogP contribution is 2.32. The number of hydrogen-bond donors (Lipinski definition) is 1. The summed E-state index contributed by atoms with van der Waals surface area (Å²) < 4.78 is 10.8. The summed E-state index contributed by atoms with van der Waals surface area (Å²) in [4.78, 5) is 23.5. The molecule has 130 valence electrons. The molecule has 4 aliphatic rings. The van der Waals surface area contributed by atoms with Crippen molar-refractivity contribution < 1.29 is 9.53 Å². The molecule has 0 amide bonds. The van der Waals surface area contributed by atoms with Gasteiger partial charge in [-0.3, -0.25) is 9.98 Å². The molecule has 1 N–H and O–H groups in total. The lowest BCUT2D eigenvalue weighted by Crippen LogP contribution is -2.40. The van der Waals surface area contributed by atoms with Gasteiger partial charge >= 0.3 is 5.97 Å². The number of ether oxygens (including phenoxy) is 1. The molecule has 2 fully saturated rings. The van der Waals surface area contributed by atoms with Crippen molar-refractivity contribution in [2.75, 3.05) is 45.6 Å². The third kappa shape index (κ3) is 3.10. The average Bonchev–Trinajstić information content (AvgIpc) is 3.21. The van der Waals surface area contributed by atoms with Gasteiger partial charge in [-0.1, -0.05) is 0 Å². The Kier molecular flexibility index (Phi) is 4.84. The standard InChI is InChI=1S/C15H21N5O2S2/c1-22-15(21)11-8-17-13(14-16-3-6-23-14)20-9-10(7-12(11)20)18-24-19-4-2-5-19/h10,18H,2-9H2,1H3. The number of carbonyl (C=O) groups is 1. The summed E-state index contributed by atoms with van der Waals surface area (Å²) in [6.45, 7) is 4.34. The molecule has 0 aromatic rings. The Morgan fingerprint density at radius 2 is 2.29 bits per heavy atom. The Hall–Kier alpha value is -1.03. The number of thioether (sulfide) groups is 1. The molecule has 4 rings (SSSR count). The number of hydrogen-bond acceptors (Lipinski definition) is 9. The van der Waals surface area contributed by atoms with Gasteiger partial charge in [0.25, 0.3) is 0 Å². The molecule has 0 saturated carbocycles. The van der Waals surface area contributed by atoms with E-state index in [1.54, 1.807) is 23.9 Å². The van der Waals surface area contributed by atoms with Crippen LogP contribution in [0.5, 0.6) is 0 Å². The van der Waals surface area contributed by atoms with Crippen molar-refractivity contribution in [3.8, 4) is 0 Å². The highest BCUT2D eigenvalue weighted by atomic mass is 32.2. The molecule has 4 aliphatic heterocycles. The van der Waals surface area contributed by atoms with Crippen LogP contribution in [0.4, 0.5) is 0 Å². The summed E-state index contributed by atoms with van der Waals surface area (Å²) in [5.74, 6) is 1.67. The fourth-order valence-corrected chi connectivity index (χ4v) is 4.89. The summed E-state index contributed by atoms with van der Waals surface area (Å²) in [6.07, 6.45) is 2.10. The predicted octanol–water partition coefficient (Wildman–Crippen LogP) is 0.904. The molecule has 24 heavy (non-hydrogen) atoms. The van der Waals surface area contributed by atoms with E-state index in [-0.39, 0.29) is 5.97 Å². The lowest BCUT2D eigenvalue weighted by atomic mass is 10.1. The van der Waals surface area contributed by atoms with Crippen LogP contribution in [0.1, 0.15) is 12.8 Å². The first-order valence-electron chi connectivity index (χ1n) is 8.23. The number of rotatable bonds is 5. The van der Waals surface area contributed by atoms with Crippen molar-refractivity contribution >= 4 is 40.7 Å². The Morgan fingerprint density at radius 3 is 2.96 bits per heavy atom. The maximum Gasteiger partial charge on any atom is 0.337 e. The summed E-state index contributed by atoms with van der Waals surface area (Å²) in [7, 11) is 1.43. The number of nitrogens with zero attached hydrogens (tertiary/aromatic N) is 4. The summed E-state index contributed by atoms with van der Waals surface area (Å²) >= 11 is 3.45. The molecule has 1 atom stereocenters. The molecule has 0 radical (unpaired) electrons. The Balaban J connectivity index is 1.52. The zero-order valence-electron chi connectivity index (χ0n) is 13.7. The molecule has 9 heteroatoms. The SMILES string of the molecule is COC(=O)C1=C2CC(NSN3CCC3)CN2C(C2=NCCS2)=NC1. The van der Waals surface area contributed by atoms with Gasteiger partial charge in [0.1, 0.15) is 5.04 Å². The van der Waals surface area contributed by atoms with E-state index in [2.05, 4.69) is 23.9 Å². The highest BCUT2D eigenvalue weighted by Gasteiger charge is 2.38. The number of esters is 1. The lowest BCUT2D eigenvalue weighted by molar-refractivity contribution is -0.136. The van der Waals surface area contributed by atoms with Crippen LogP contribution < -0.4 is 4.72 Å². The van der Waals surface area contributed by atoms with Gasteiger partial charge in [-0.05, 0) is 6.42 Å². The number of amidine groups is 1. The molecule has 7 nitrogen and oxygen atoms in total. The lowest BCUT2D eigenvalue weighted by Gasteiger charge is -2.30. The second kappa shape index (κ2) is 7.07. The van der Waals surface area contributed by atoms with E-state index in [0.717, 1.165) is 54.9 Å². The molecule has 0 aromatic carbocycles. The summed E-state index contributed by atoms with van der Waals surface area (Å²) in [5, 5.41) is 1.01. The zero-order valence-corrected chi connectivity index (χ0v) is 15.3. The van der Waals surface area contributed by atoms with Gasteiger partial charge in [0, 0.05) is 62.2 Å². The van der Waals surface area contributed by atoms with Crippen LogP contribution in [0.2, 0.25) is 0 Å². The van der Waals surface area contributed by atoms with Crippen molar-refractivity contribution in [1.29, 1.82) is 0 Å². The van der Waals surface area contributed by atoms with Gasteiger partial charge in [0.2, 0.25) is 0 Å². The number of fused-ring (bicyclic) bond motifs is 1. The van der Waals surface area contributed by atoms with E-state index in [9.17, 15) is 4.79 Å². The van der Waals surface area contributed by atoms with E-state index in [1.807, 2.05) is 0 Å². The second-order valence-electron chi connectivity index (χ2n) is 6.10. The molecular formula is C15H21N5O2S2. The van der Waals surface area contributed by atoms with Crippen molar-refractivity contribution in [2.24, 2.45) is 9.98 Å². The quantitative estimate of drug-likeness (QED) is 0.572. The largest absolute Gasteiger partial charge is 0.466 e. The van der Waals surface area contributed by atoms with Crippen LogP contribution in [0, 0.1) is 0 Å². The van der Waals surface area contributed by atoms with Crippen molar-refractivity contribution in [3.05, 3.63) is 11.3 Å². The maximum absolute atomic E-state index is 12.1. The number of carbonyl (C=O) groups excluding carboxylic acids is 1. The first kappa shape index (κ1) is 16.4. The van der Waals surface area contributed by atoms with Crippen LogP contribution in [0.3, 0.4) is 0 Å². The molecule has 0 aliphatic carbocycles. The van der Waals surface area contributed by atoms with Crippen molar-refractivity contribution in [1.82, 2.24) is 13.9 Å². The Bertz CT molecular complexity index is 629. The summed E-state index contributed by atoms with van der Waals surface area (Å²) in [5.41, 5.74) is 1.73. The van der Waals surface area contributed by atoms with Crippen LogP contribution in [-0.4, -0.2) is 77.7 Å². The van der Waals surface area contributed by atoms with Crippen LogP contribution >= 0.6 is 23.9 Å². The van der Waals surface area contributed by atoms with Gasteiger partial charge in [-0.15, -0.1) is 11.8 Å². The fraction of sp³-hybridized carbons (Fsp3) is 0.667. The topological polar surface area (TPSA) is 69.5 Å². The highest BCUT2D eigenvalue weighted by molar-refractivity contribution is 8.16. The smallest absolute Gasteiger partial charge is 0.337 e. The fourth-order valence-electron chi connectivity index (χ4n) is 3.14. The molecule has 0 aromatic heterocycles. The molecule has 0 spiro atoms. The molecule has 1 unspecified atom stereocenters. The second-order valence-corrected chi connectivity index (χ2v) is 8.11.